The van der Waals surface area contributed by atoms with Crippen LogP contribution in [-0.2, 0) is 4.79 Å². The third kappa shape index (κ3) is 5.46. The molecular weight excluding hydrogens is 599 g/mol. The fourth-order valence-corrected chi connectivity index (χ4v) is 7.49. The number of carbonyl (C=O) groups excluding carboxylic acids is 1. The average Bonchev–Trinajstić information content (AvgIpc) is 3.67. The van der Waals surface area contributed by atoms with Crippen LogP contribution in [0.5, 0.6) is 5.88 Å². The highest BCUT2D eigenvalue weighted by molar-refractivity contribution is 7.17. The van der Waals surface area contributed by atoms with Crippen molar-refractivity contribution in [1.82, 2.24) is 14.8 Å². The maximum Gasteiger partial charge on any atom is 0.282 e. The van der Waals surface area contributed by atoms with Crippen LogP contribution in [0.3, 0.4) is 0 Å². The number of aromatic nitrogens is 1. The lowest BCUT2D eigenvalue weighted by molar-refractivity contribution is -0.131. The van der Waals surface area contributed by atoms with Crippen LogP contribution in [0, 0.1) is 17.9 Å². The van der Waals surface area contributed by atoms with Gasteiger partial charge in [0.1, 0.15) is 24.3 Å². The Morgan fingerprint density at radius 2 is 2.11 bits per heavy atom. The van der Waals surface area contributed by atoms with Gasteiger partial charge in [0.15, 0.2) is 5.83 Å². The third-order valence-electron chi connectivity index (χ3n) is 8.57. The number of piperazine rings is 1. The highest BCUT2D eigenvalue weighted by atomic mass is 35.5. The van der Waals surface area contributed by atoms with Crippen molar-refractivity contribution >= 4 is 55.5 Å². The standard InChI is InChI=1S/C33H30ClFN6O2S/c1-20(35)33(42)41-12-11-40(18-23(41)17-37-2)30-26-14-28(34)25(24-8-4-6-21-9-13-44-31(21)24)15-29(26)38-32(27(30)16-36)43-19-22-7-5-10-39(22)3/h4,6,8-9,13-15,22-23H,1,5,7,10-12,17-19H2,3H3/t22-,23-/m0/s1. The van der Waals surface area contributed by atoms with Crippen LogP contribution in [-0.4, -0.2) is 79.2 Å². The number of fused-ring (bicyclic) bond motifs is 2. The van der Waals surface area contributed by atoms with Gasteiger partial charge in [-0.25, -0.2) is 15.9 Å². The second-order valence-corrected chi connectivity index (χ2v) is 12.5. The first-order valence-corrected chi connectivity index (χ1v) is 15.7. The summed E-state index contributed by atoms with van der Waals surface area (Å²) in [6.45, 7) is 12.7. The first kappa shape index (κ1) is 29.8. The smallest absolute Gasteiger partial charge is 0.282 e. The topological polar surface area (TPSA) is 77.1 Å². The van der Waals surface area contributed by atoms with Gasteiger partial charge in [-0.05, 0) is 55.4 Å². The minimum atomic E-state index is -1.06. The van der Waals surface area contributed by atoms with Crippen LogP contribution in [0.25, 0.3) is 37.0 Å². The van der Waals surface area contributed by atoms with Crippen LogP contribution in [0.1, 0.15) is 18.4 Å². The van der Waals surface area contributed by atoms with Gasteiger partial charge in [-0.1, -0.05) is 36.4 Å². The molecule has 4 aromatic rings. The number of likely N-dealkylation sites (N-methyl/N-ethyl adjacent to an activating group) is 1. The molecule has 44 heavy (non-hydrogen) atoms. The quantitative estimate of drug-likeness (QED) is 0.171. The van der Waals surface area contributed by atoms with E-state index in [9.17, 15) is 14.4 Å². The number of hydrogen-bond acceptors (Lipinski definition) is 7. The summed E-state index contributed by atoms with van der Waals surface area (Å²) in [6, 6.07) is 13.9. The predicted octanol–water partition coefficient (Wildman–Crippen LogP) is 6.53. The van der Waals surface area contributed by atoms with Gasteiger partial charge in [-0.2, -0.15) is 5.26 Å². The summed E-state index contributed by atoms with van der Waals surface area (Å²) in [4.78, 5) is 26.5. The Morgan fingerprint density at radius 1 is 1.27 bits per heavy atom. The van der Waals surface area contributed by atoms with Gasteiger partial charge in [0.05, 0.1) is 11.2 Å². The highest BCUT2D eigenvalue weighted by Gasteiger charge is 2.36. The van der Waals surface area contributed by atoms with Gasteiger partial charge in [-0.3, -0.25) is 4.79 Å². The number of halogens is 2. The highest BCUT2D eigenvalue weighted by Crippen LogP contribution is 2.43. The number of likely N-dealkylation sites (tertiary alicyclic amines) is 1. The average molecular weight is 629 g/mol. The number of anilines is 1. The van der Waals surface area contributed by atoms with E-state index in [0.717, 1.165) is 40.6 Å². The van der Waals surface area contributed by atoms with Crippen molar-refractivity contribution in [2.75, 3.05) is 51.3 Å². The molecule has 6 rings (SSSR count). The Labute approximate surface area is 264 Å². The van der Waals surface area contributed by atoms with Crippen molar-refractivity contribution in [1.29, 1.82) is 5.26 Å². The van der Waals surface area contributed by atoms with Gasteiger partial charge < -0.3 is 24.3 Å². The molecule has 2 aliphatic heterocycles. The summed E-state index contributed by atoms with van der Waals surface area (Å²) < 4.78 is 21.3. The second-order valence-electron chi connectivity index (χ2n) is 11.2. The molecule has 8 nitrogen and oxygen atoms in total. The molecule has 4 heterocycles. The molecule has 0 aliphatic carbocycles. The van der Waals surface area contributed by atoms with E-state index in [-0.39, 0.29) is 37.1 Å². The van der Waals surface area contributed by atoms with Gasteiger partial charge in [0.2, 0.25) is 12.4 Å². The van der Waals surface area contributed by atoms with E-state index in [1.54, 1.807) is 11.3 Å². The Hall–Kier alpha value is -4.22. The first-order chi connectivity index (χ1) is 21.3. The zero-order chi connectivity index (χ0) is 31.0. The minimum absolute atomic E-state index is 0.0203. The van der Waals surface area contributed by atoms with E-state index in [0.29, 0.717) is 34.8 Å². The number of ether oxygens (including phenoxy) is 1. The predicted molar refractivity (Wildman–Crippen MR) is 173 cm³/mol. The normalized spacial score (nSPS) is 18.8. The van der Waals surface area contributed by atoms with Crippen LogP contribution in [0.15, 0.2) is 54.2 Å². The molecule has 11 heteroatoms. The van der Waals surface area contributed by atoms with Crippen molar-refractivity contribution in [3.8, 4) is 23.1 Å². The van der Waals surface area contributed by atoms with E-state index >= 15 is 0 Å². The maximum absolute atomic E-state index is 13.9. The van der Waals surface area contributed by atoms with E-state index in [1.807, 2.05) is 34.5 Å². The maximum atomic E-state index is 13.9. The van der Waals surface area contributed by atoms with Crippen molar-refractivity contribution in [2.45, 2.75) is 24.9 Å². The Balaban J connectivity index is 1.49. The van der Waals surface area contributed by atoms with Gasteiger partial charge >= 0.3 is 0 Å². The van der Waals surface area contributed by atoms with Crippen LogP contribution >= 0.6 is 22.9 Å². The third-order valence-corrected chi connectivity index (χ3v) is 9.85. The van der Waals surface area contributed by atoms with Gasteiger partial charge in [0.25, 0.3) is 5.91 Å². The van der Waals surface area contributed by atoms with Crippen molar-refractivity contribution in [3.63, 3.8) is 0 Å². The zero-order valence-electron chi connectivity index (χ0n) is 24.2. The minimum Gasteiger partial charge on any atom is -0.475 e. The lowest BCUT2D eigenvalue weighted by atomic mass is 9.99. The Bertz CT molecular complexity index is 1860. The summed E-state index contributed by atoms with van der Waals surface area (Å²) in [6.07, 6.45) is 2.08. The number of benzene rings is 2. The molecule has 2 saturated heterocycles. The van der Waals surface area contributed by atoms with Gasteiger partial charge in [-0.15, -0.1) is 11.3 Å². The fraction of sp³-hybridized carbons (Fsp3) is 0.333. The van der Waals surface area contributed by atoms with Crippen LogP contribution in [0.2, 0.25) is 5.02 Å². The van der Waals surface area contributed by atoms with Crippen molar-refractivity contribution in [2.24, 2.45) is 0 Å². The second kappa shape index (κ2) is 12.4. The zero-order valence-corrected chi connectivity index (χ0v) is 25.8. The molecule has 2 aliphatic rings. The lowest BCUT2D eigenvalue weighted by Crippen LogP contribution is -2.56. The summed E-state index contributed by atoms with van der Waals surface area (Å²) in [7, 11) is 2.06. The summed E-state index contributed by atoms with van der Waals surface area (Å²) >= 11 is 8.63. The molecule has 2 atom stereocenters. The molecule has 0 N–H and O–H groups in total. The molecular formula is C33H30ClFN6O2S. The van der Waals surface area contributed by atoms with Crippen molar-refractivity contribution < 1.29 is 13.9 Å². The SMILES string of the molecule is [C-]#[N+]C[C@H]1CN(c2c(C#N)c(OC[C@@H]3CCCN3C)nc3cc(-c4cccc5ccsc45)c(Cl)cc23)CCN1C(=O)C(=C)F. The Morgan fingerprint density at radius 3 is 2.84 bits per heavy atom. The molecule has 0 saturated carbocycles. The molecule has 2 aromatic carbocycles. The molecule has 224 valence electrons. The molecule has 0 bridgehead atoms. The molecule has 2 aromatic heterocycles. The van der Waals surface area contributed by atoms with Crippen LogP contribution < -0.4 is 9.64 Å². The van der Waals surface area contributed by atoms with Gasteiger partial charge in [0, 0.05) is 51.9 Å². The summed E-state index contributed by atoms with van der Waals surface area (Å²) in [5.74, 6) is -1.65. The lowest BCUT2D eigenvalue weighted by Gasteiger charge is -2.40. The summed E-state index contributed by atoms with van der Waals surface area (Å²) in [5, 5.41) is 14.8. The van der Waals surface area contributed by atoms with Crippen molar-refractivity contribution in [3.05, 3.63) is 76.2 Å². The number of carbonyl (C=O) groups is 1. The fourth-order valence-electron chi connectivity index (χ4n) is 6.30. The molecule has 1 amide bonds. The molecule has 0 radical (unpaired) electrons. The van der Waals surface area contributed by atoms with E-state index in [1.165, 1.54) is 4.90 Å². The number of rotatable bonds is 7. The Kier molecular flexibility index (Phi) is 8.42. The number of nitriles is 1. The first-order valence-electron chi connectivity index (χ1n) is 14.4. The van der Waals surface area contributed by atoms with Crippen LogP contribution in [0.4, 0.5) is 10.1 Å². The molecule has 2 fully saturated rings. The molecule has 0 spiro atoms. The van der Waals surface area contributed by atoms with E-state index in [4.69, 9.17) is 27.9 Å². The number of hydrogen-bond donors (Lipinski definition) is 0. The number of amides is 1. The van der Waals surface area contributed by atoms with E-state index in [2.05, 4.69) is 41.6 Å². The largest absolute Gasteiger partial charge is 0.475 e. The number of thiophene rings is 1. The number of nitrogens with zero attached hydrogens (tertiary/aromatic N) is 6. The number of pyridine rings is 1. The van der Waals surface area contributed by atoms with E-state index < -0.39 is 17.8 Å². The summed E-state index contributed by atoms with van der Waals surface area (Å²) in [5.41, 5.74) is 3.26. The monoisotopic (exact) mass is 628 g/mol. The molecule has 0 unspecified atom stereocenters.